The van der Waals surface area contributed by atoms with E-state index in [4.69, 9.17) is 0 Å². The van der Waals surface area contributed by atoms with Gasteiger partial charge >= 0.3 is 0 Å². The number of nitro benzene ring substituents is 1. The molecule has 3 nitrogen and oxygen atoms in total. The number of benzene rings is 1. The van der Waals surface area contributed by atoms with E-state index in [-0.39, 0.29) is 10.6 Å². The van der Waals surface area contributed by atoms with Crippen LogP contribution >= 0.6 is 15.9 Å². The van der Waals surface area contributed by atoms with Crippen molar-refractivity contribution in [1.29, 1.82) is 0 Å². The van der Waals surface area contributed by atoms with Gasteiger partial charge in [0, 0.05) is 17.0 Å². The standard InChI is InChI=1S/C9H10BrNO2/c1-6-4-9(11(12)13)7(2)3-8(6)5-10/h3-4H,5H2,1-2H3. The molecule has 0 aliphatic rings. The molecule has 1 aromatic rings. The van der Waals surface area contributed by atoms with Crippen LogP contribution in [0.5, 0.6) is 0 Å². The maximum atomic E-state index is 10.6. The number of nitro groups is 1. The fourth-order valence-corrected chi connectivity index (χ4v) is 1.81. The van der Waals surface area contributed by atoms with Gasteiger partial charge in [-0.05, 0) is 31.0 Å². The quantitative estimate of drug-likeness (QED) is 0.455. The monoisotopic (exact) mass is 243 g/mol. The molecule has 0 heterocycles. The molecule has 0 fully saturated rings. The van der Waals surface area contributed by atoms with Crippen LogP contribution in [0.3, 0.4) is 0 Å². The molecule has 0 saturated heterocycles. The van der Waals surface area contributed by atoms with Crippen LogP contribution in [0, 0.1) is 24.0 Å². The summed E-state index contributed by atoms with van der Waals surface area (Å²) in [5.74, 6) is 0. The van der Waals surface area contributed by atoms with Crippen LogP contribution in [0.2, 0.25) is 0 Å². The average molecular weight is 244 g/mol. The zero-order valence-corrected chi connectivity index (χ0v) is 9.09. The van der Waals surface area contributed by atoms with Crippen LogP contribution in [-0.2, 0) is 5.33 Å². The number of hydrogen-bond donors (Lipinski definition) is 0. The van der Waals surface area contributed by atoms with E-state index >= 15 is 0 Å². The number of rotatable bonds is 2. The second-order valence-electron chi connectivity index (χ2n) is 2.96. The Kier molecular flexibility index (Phi) is 3.03. The van der Waals surface area contributed by atoms with E-state index in [1.54, 1.807) is 13.0 Å². The number of alkyl halides is 1. The lowest BCUT2D eigenvalue weighted by molar-refractivity contribution is -0.385. The Hall–Kier alpha value is -0.900. The molecule has 4 heteroatoms. The lowest BCUT2D eigenvalue weighted by atomic mass is 10.1. The van der Waals surface area contributed by atoms with Gasteiger partial charge in [0.15, 0.2) is 0 Å². The summed E-state index contributed by atoms with van der Waals surface area (Å²) in [6, 6.07) is 3.47. The third kappa shape index (κ3) is 2.06. The molecule has 1 aromatic carbocycles. The first-order valence-electron chi connectivity index (χ1n) is 3.86. The molecule has 0 aliphatic heterocycles. The highest BCUT2D eigenvalue weighted by Gasteiger charge is 2.12. The molecular weight excluding hydrogens is 234 g/mol. The summed E-state index contributed by atoms with van der Waals surface area (Å²) < 4.78 is 0. The molecule has 0 N–H and O–H groups in total. The summed E-state index contributed by atoms with van der Waals surface area (Å²) >= 11 is 3.33. The van der Waals surface area contributed by atoms with Crippen molar-refractivity contribution in [3.05, 3.63) is 38.9 Å². The third-order valence-corrected chi connectivity index (χ3v) is 2.60. The minimum Gasteiger partial charge on any atom is -0.258 e. The molecule has 0 spiro atoms. The van der Waals surface area contributed by atoms with Crippen LogP contribution in [0.1, 0.15) is 16.7 Å². The highest BCUT2D eigenvalue weighted by molar-refractivity contribution is 9.08. The van der Waals surface area contributed by atoms with Gasteiger partial charge in [0.1, 0.15) is 0 Å². The number of hydrogen-bond acceptors (Lipinski definition) is 2. The van der Waals surface area contributed by atoms with Crippen molar-refractivity contribution in [1.82, 2.24) is 0 Å². The van der Waals surface area contributed by atoms with E-state index in [9.17, 15) is 10.1 Å². The van der Waals surface area contributed by atoms with Gasteiger partial charge in [-0.3, -0.25) is 10.1 Å². The Balaban J connectivity index is 3.28. The van der Waals surface area contributed by atoms with Crippen LogP contribution < -0.4 is 0 Å². The predicted molar refractivity (Wildman–Crippen MR) is 55.2 cm³/mol. The molecule has 0 atom stereocenters. The van der Waals surface area contributed by atoms with Gasteiger partial charge in [-0.2, -0.15) is 0 Å². The molecular formula is C9H10BrNO2. The summed E-state index contributed by atoms with van der Waals surface area (Å²) in [5, 5.41) is 11.3. The molecule has 0 aliphatic carbocycles. The minimum atomic E-state index is -0.347. The van der Waals surface area contributed by atoms with Gasteiger partial charge in [-0.1, -0.05) is 15.9 Å². The number of halogens is 1. The molecule has 0 saturated carbocycles. The fourth-order valence-electron chi connectivity index (χ4n) is 1.20. The topological polar surface area (TPSA) is 43.1 Å². The summed E-state index contributed by atoms with van der Waals surface area (Å²) in [7, 11) is 0. The Morgan fingerprint density at radius 1 is 1.38 bits per heavy atom. The molecule has 70 valence electrons. The minimum absolute atomic E-state index is 0.196. The van der Waals surface area contributed by atoms with E-state index < -0.39 is 0 Å². The van der Waals surface area contributed by atoms with Crippen molar-refractivity contribution in [2.24, 2.45) is 0 Å². The first-order valence-corrected chi connectivity index (χ1v) is 4.99. The average Bonchev–Trinajstić information content (AvgIpc) is 2.07. The van der Waals surface area contributed by atoms with Crippen molar-refractivity contribution in [2.45, 2.75) is 19.2 Å². The highest BCUT2D eigenvalue weighted by Crippen LogP contribution is 2.23. The molecule has 0 radical (unpaired) electrons. The van der Waals surface area contributed by atoms with E-state index in [2.05, 4.69) is 15.9 Å². The summed E-state index contributed by atoms with van der Waals surface area (Å²) in [5.41, 5.74) is 2.96. The maximum Gasteiger partial charge on any atom is 0.272 e. The summed E-state index contributed by atoms with van der Waals surface area (Å²) in [6.45, 7) is 3.63. The van der Waals surface area contributed by atoms with Crippen molar-refractivity contribution < 1.29 is 4.92 Å². The molecule has 0 unspecified atom stereocenters. The van der Waals surface area contributed by atoms with E-state index in [0.717, 1.165) is 16.5 Å². The van der Waals surface area contributed by atoms with Gasteiger partial charge in [-0.25, -0.2) is 0 Å². The number of aryl methyl sites for hydroxylation is 2. The van der Waals surface area contributed by atoms with Crippen LogP contribution in [0.25, 0.3) is 0 Å². The van der Waals surface area contributed by atoms with Crippen molar-refractivity contribution >= 4 is 21.6 Å². The lowest BCUT2D eigenvalue weighted by Crippen LogP contribution is -1.95. The Morgan fingerprint density at radius 2 is 2.00 bits per heavy atom. The van der Waals surface area contributed by atoms with E-state index in [0.29, 0.717) is 5.56 Å². The first-order chi connectivity index (χ1) is 6.06. The smallest absolute Gasteiger partial charge is 0.258 e. The molecule has 13 heavy (non-hydrogen) atoms. The fraction of sp³-hybridized carbons (Fsp3) is 0.333. The van der Waals surface area contributed by atoms with Crippen LogP contribution in [0.4, 0.5) is 5.69 Å². The molecule has 0 amide bonds. The van der Waals surface area contributed by atoms with Crippen molar-refractivity contribution in [2.75, 3.05) is 0 Å². The van der Waals surface area contributed by atoms with Crippen LogP contribution in [-0.4, -0.2) is 4.92 Å². The highest BCUT2D eigenvalue weighted by atomic mass is 79.9. The third-order valence-electron chi connectivity index (χ3n) is 2.00. The van der Waals surface area contributed by atoms with Crippen LogP contribution in [0.15, 0.2) is 12.1 Å². The first kappa shape index (κ1) is 10.2. The summed E-state index contributed by atoms with van der Waals surface area (Å²) in [6.07, 6.45) is 0. The van der Waals surface area contributed by atoms with Gasteiger partial charge in [-0.15, -0.1) is 0 Å². The lowest BCUT2D eigenvalue weighted by Gasteiger charge is -2.04. The van der Waals surface area contributed by atoms with Gasteiger partial charge in [0.25, 0.3) is 5.69 Å². The Morgan fingerprint density at radius 3 is 2.46 bits per heavy atom. The SMILES string of the molecule is Cc1cc([N+](=O)[O-])c(C)cc1CBr. The van der Waals surface area contributed by atoms with Crippen molar-refractivity contribution in [3.63, 3.8) is 0 Å². The largest absolute Gasteiger partial charge is 0.272 e. The van der Waals surface area contributed by atoms with E-state index in [1.165, 1.54) is 0 Å². The Labute approximate surface area is 85.0 Å². The molecule has 0 aromatic heterocycles. The maximum absolute atomic E-state index is 10.6. The Bertz CT molecular complexity index is 350. The van der Waals surface area contributed by atoms with E-state index in [1.807, 2.05) is 13.0 Å². The second kappa shape index (κ2) is 3.87. The predicted octanol–water partition coefficient (Wildman–Crippen LogP) is 3.11. The van der Waals surface area contributed by atoms with Gasteiger partial charge in [0.2, 0.25) is 0 Å². The number of nitrogens with zero attached hydrogens (tertiary/aromatic N) is 1. The zero-order valence-electron chi connectivity index (χ0n) is 7.50. The van der Waals surface area contributed by atoms with Crippen molar-refractivity contribution in [3.8, 4) is 0 Å². The molecule has 0 bridgehead atoms. The molecule has 1 rings (SSSR count). The second-order valence-corrected chi connectivity index (χ2v) is 3.52. The van der Waals surface area contributed by atoms with Gasteiger partial charge in [0.05, 0.1) is 4.92 Å². The normalized spacial score (nSPS) is 10.1. The van der Waals surface area contributed by atoms with Gasteiger partial charge < -0.3 is 0 Å². The zero-order chi connectivity index (χ0) is 10.0. The summed E-state index contributed by atoms with van der Waals surface area (Å²) in [4.78, 5) is 10.2.